The van der Waals surface area contributed by atoms with Crippen molar-refractivity contribution in [2.75, 3.05) is 5.01 Å². The Labute approximate surface area is 116 Å². The van der Waals surface area contributed by atoms with Gasteiger partial charge in [-0.3, -0.25) is 15.2 Å². The molecule has 1 amide bonds. The second-order valence-electron chi connectivity index (χ2n) is 4.56. The van der Waals surface area contributed by atoms with Crippen LogP contribution in [0.25, 0.3) is 0 Å². The highest BCUT2D eigenvalue weighted by atomic mass is 16.2. The molecule has 20 heavy (non-hydrogen) atoms. The van der Waals surface area contributed by atoms with Crippen LogP contribution in [0.5, 0.6) is 0 Å². The Morgan fingerprint density at radius 1 is 1.25 bits per heavy atom. The van der Waals surface area contributed by atoms with Crippen molar-refractivity contribution in [1.82, 2.24) is 10.4 Å². The summed E-state index contributed by atoms with van der Waals surface area (Å²) in [5.41, 5.74) is 5.41. The molecule has 0 spiro atoms. The summed E-state index contributed by atoms with van der Waals surface area (Å²) >= 11 is 0. The number of carbonyl (C=O) groups is 1. The molecule has 2 heterocycles. The number of amidine groups is 1. The lowest BCUT2D eigenvalue weighted by molar-refractivity contribution is -0.118. The SMILES string of the molecule is CC1=Nc2cnccc2N(C(=O)Cc2ccccc2)N1. The van der Waals surface area contributed by atoms with Crippen molar-refractivity contribution in [3.05, 3.63) is 54.4 Å². The molecular formula is C15H14N4O. The van der Waals surface area contributed by atoms with Gasteiger partial charge in [0.25, 0.3) is 0 Å². The van der Waals surface area contributed by atoms with Crippen LogP contribution in [0.15, 0.2) is 53.8 Å². The lowest BCUT2D eigenvalue weighted by atomic mass is 10.1. The van der Waals surface area contributed by atoms with Crippen LogP contribution in [0, 0.1) is 0 Å². The van der Waals surface area contributed by atoms with Crippen LogP contribution in [0.2, 0.25) is 0 Å². The number of benzene rings is 1. The predicted molar refractivity (Wildman–Crippen MR) is 77.8 cm³/mol. The zero-order valence-electron chi connectivity index (χ0n) is 11.1. The number of nitrogens with one attached hydrogen (secondary N) is 1. The number of hydrogen-bond acceptors (Lipinski definition) is 4. The Bertz CT molecular complexity index is 667. The molecule has 0 atom stereocenters. The number of aromatic nitrogens is 1. The molecule has 1 aliphatic rings. The fourth-order valence-corrected chi connectivity index (χ4v) is 2.13. The summed E-state index contributed by atoms with van der Waals surface area (Å²) < 4.78 is 0. The Morgan fingerprint density at radius 2 is 2.05 bits per heavy atom. The van der Waals surface area contributed by atoms with Gasteiger partial charge in [-0.05, 0) is 18.6 Å². The Morgan fingerprint density at radius 3 is 2.85 bits per heavy atom. The second kappa shape index (κ2) is 5.13. The number of aliphatic imine (C=N–C) groups is 1. The van der Waals surface area contributed by atoms with Crippen molar-refractivity contribution in [3.63, 3.8) is 0 Å². The van der Waals surface area contributed by atoms with Crippen LogP contribution >= 0.6 is 0 Å². The van der Waals surface area contributed by atoms with Crippen molar-refractivity contribution in [1.29, 1.82) is 0 Å². The zero-order valence-corrected chi connectivity index (χ0v) is 11.1. The molecule has 0 radical (unpaired) electrons. The maximum Gasteiger partial charge on any atom is 0.250 e. The van der Waals surface area contributed by atoms with Gasteiger partial charge in [0.1, 0.15) is 11.5 Å². The van der Waals surface area contributed by atoms with Crippen molar-refractivity contribution in [2.45, 2.75) is 13.3 Å². The minimum atomic E-state index is -0.0297. The van der Waals surface area contributed by atoms with Crippen LogP contribution < -0.4 is 10.4 Å². The number of nitrogens with zero attached hydrogens (tertiary/aromatic N) is 3. The molecule has 0 saturated heterocycles. The van der Waals surface area contributed by atoms with Gasteiger partial charge in [-0.15, -0.1) is 0 Å². The largest absolute Gasteiger partial charge is 0.278 e. The van der Waals surface area contributed by atoms with E-state index < -0.39 is 0 Å². The summed E-state index contributed by atoms with van der Waals surface area (Å²) in [6.45, 7) is 1.82. The molecule has 0 aliphatic carbocycles. The van der Waals surface area contributed by atoms with Crippen LogP contribution in [-0.4, -0.2) is 16.7 Å². The molecule has 5 heteroatoms. The molecule has 100 valence electrons. The number of hydrogen-bond donors (Lipinski definition) is 1. The summed E-state index contributed by atoms with van der Waals surface area (Å²) in [7, 11) is 0. The Kier molecular flexibility index (Phi) is 3.16. The van der Waals surface area contributed by atoms with E-state index in [2.05, 4.69) is 15.4 Å². The number of amides is 1. The first-order valence-electron chi connectivity index (χ1n) is 6.37. The number of anilines is 1. The molecule has 1 aromatic carbocycles. The van der Waals surface area contributed by atoms with Gasteiger partial charge in [0.15, 0.2) is 0 Å². The van der Waals surface area contributed by atoms with E-state index in [0.29, 0.717) is 17.9 Å². The molecular weight excluding hydrogens is 252 g/mol. The fraction of sp³-hybridized carbons (Fsp3) is 0.133. The van der Waals surface area contributed by atoms with Gasteiger partial charge in [-0.2, -0.15) is 0 Å². The molecule has 1 aliphatic heterocycles. The number of hydrazine groups is 1. The van der Waals surface area contributed by atoms with Gasteiger partial charge < -0.3 is 0 Å². The monoisotopic (exact) mass is 266 g/mol. The second-order valence-corrected chi connectivity index (χ2v) is 4.56. The van der Waals surface area contributed by atoms with E-state index in [4.69, 9.17) is 0 Å². The lowest BCUT2D eigenvalue weighted by Crippen LogP contribution is -2.48. The fourth-order valence-electron chi connectivity index (χ4n) is 2.13. The van der Waals surface area contributed by atoms with Gasteiger partial charge in [0, 0.05) is 6.20 Å². The Balaban J connectivity index is 1.87. The standard InChI is InChI=1S/C15H14N4O/c1-11-17-13-10-16-8-7-14(13)19(18-11)15(20)9-12-5-3-2-4-6-12/h2-8,10H,9H2,1H3,(H,17,18). The lowest BCUT2D eigenvalue weighted by Gasteiger charge is -2.28. The van der Waals surface area contributed by atoms with E-state index in [-0.39, 0.29) is 5.91 Å². The third-order valence-corrected chi connectivity index (χ3v) is 3.03. The van der Waals surface area contributed by atoms with Gasteiger partial charge in [0.2, 0.25) is 5.91 Å². The number of rotatable bonds is 2. The quantitative estimate of drug-likeness (QED) is 0.906. The van der Waals surface area contributed by atoms with Crippen molar-refractivity contribution >= 4 is 23.1 Å². The maximum absolute atomic E-state index is 12.5. The van der Waals surface area contributed by atoms with Gasteiger partial charge in [-0.1, -0.05) is 30.3 Å². The summed E-state index contributed by atoms with van der Waals surface area (Å²) in [5, 5.41) is 1.53. The molecule has 0 saturated carbocycles. The van der Waals surface area contributed by atoms with E-state index in [9.17, 15) is 4.79 Å². The first kappa shape index (κ1) is 12.3. The number of carbonyl (C=O) groups excluding carboxylic acids is 1. The number of pyridine rings is 1. The highest BCUT2D eigenvalue weighted by Crippen LogP contribution is 2.29. The average Bonchev–Trinajstić information content (AvgIpc) is 2.47. The van der Waals surface area contributed by atoms with Gasteiger partial charge in [-0.25, -0.2) is 10.0 Å². The molecule has 5 nitrogen and oxygen atoms in total. The van der Waals surface area contributed by atoms with E-state index in [1.54, 1.807) is 18.5 Å². The first-order chi connectivity index (χ1) is 9.74. The molecule has 0 unspecified atom stereocenters. The summed E-state index contributed by atoms with van der Waals surface area (Å²) in [5.74, 6) is 0.643. The smallest absolute Gasteiger partial charge is 0.250 e. The minimum absolute atomic E-state index is 0.0297. The first-order valence-corrected chi connectivity index (χ1v) is 6.37. The minimum Gasteiger partial charge on any atom is -0.278 e. The molecule has 0 fully saturated rings. The highest BCUT2D eigenvalue weighted by molar-refractivity contribution is 6.03. The molecule has 1 N–H and O–H groups in total. The topological polar surface area (TPSA) is 57.6 Å². The third-order valence-electron chi connectivity index (χ3n) is 3.03. The zero-order chi connectivity index (χ0) is 13.9. The molecule has 0 bridgehead atoms. The van der Waals surface area contributed by atoms with Crippen molar-refractivity contribution < 1.29 is 4.79 Å². The summed E-state index contributed by atoms with van der Waals surface area (Å²) in [6.07, 6.45) is 3.64. The van der Waals surface area contributed by atoms with Crippen LogP contribution in [-0.2, 0) is 11.2 Å². The molecule has 3 rings (SSSR count). The van der Waals surface area contributed by atoms with E-state index >= 15 is 0 Å². The van der Waals surface area contributed by atoms with Crippen molar-refractivity contribution in [2.24, 2.45) is 4.99 Å². The number of fused-ring (bicyclic) bond motifs is 1. The molecule has 2 aromatic rings. The predicted octanol–water partition coefficient (Wildman–Crippen LogP) is 2.23. The maximum atomic E-state index is 12.5. The van der Waals surface area contributed by atoms with E-state index in [1.165, 1.54) is 5.01 Å². The highest BCUT2D eigenvalue weighted by Gasteiger charge is 2.22. The third kappa shape index (κ3) is 2.38. The van der Waals surface area contributed by atoms with E-state index in [0.717, 1.165) is 11.3 Å². The van der Waals surface area contributed by atoms with Crippen LogP contribution in [0.3, 0.4) is 0 Å². The summed E-state index contributed by atoms with van der Waals surface area (Å²) in [4.78, 5) is 20.8. The Hall–Kier alpha value is -2.69. The normalized spacial score (nSPS) is 13.2. The van der Waals surface area contributed by atoms with Crippen LogP contribution in [0.1, 0.15) is 12.5 Å². The van der Waals surface area contributed by atoms with Gasteiger partial charge in [0.05, 0.1) is 18.3 Å². The average molecular weight is 266 g/mol. The van der Waals surface area contributed by atoms with E-state index in [1.807, 2.05) is 37.3 Å². The van der Waals surface area contributed by atoms with Crippen LogP contribution in [0.4, 0.5) is 11.4 Å². The molecule has 1 aromatic heterocycles. The van der Waals surface area contributed by atoms with Gasteiger partial charge >= 0.3 is 0 Å². The van der Waals surface area contributed by atoms with Crippen molar-refractivity contribution in [3.8, 4) is 0 Å². The summed E-state index contributed by atoms with van der Waals surface area (Å²) in [6, 6.07) is 11.5.